The van der Waals surface area contributed by atoms with E-state index in [1.807, 2.05) is 65.5 Å². The van der Waals surface area contributed by atoms with Crippen molar-refractivity contribution in [1.82, 2.24) is 0 Å². The summed E-state index contributed by atoms with van der Waals surface area (Å²) < 4.78 is 296. The number of carbonyl (C=O) groups is 1. The summed E-state index contributed by atoms with van der Waals surface area (Å²) in [5.74, 6) is -71.3. The average Bonchev–Trinajstić information content (AvgIpc) is 3.24. The van der Waals surface area contributed by atoms with Crippen molar-refractivity contribution in [2.75, 3.05) is 0 Å². The summed E-state index contributed by atoms with van der Waals surface area (Å²) in [6.45, 7) is 0.394. The number of pyridine rings is 1. The minimum atomic E-state index is -7.22. The van der Waals surface area contributed by atoms with E-state index in [2.05, 4.69) is 0 Å². The molecule has 1 aromatic heterocycles. The van der Waals surface area contributed by atoms with Crippen LogP contribution in [0.1, 0.15) is 10.4 Å². The van der Waals surface area contributed by atoms with Crippen molar-refractivity contribution in [2.45, 2.75) is 6.54 Å². The zero-order chi connectivity index (χ0) is 44.9. The molecule has 314 valence electrons. The molecule has 0 N–H and O–H groups in total. The second kappa shape index (κ2) is 16.7. The summed E-state index contributed by atoms with van der Waals surface area (Å²) in [5.41, 5.74) is -13.6. The standard InChI is InChI=1S/C24BF20.C13H12NO/c26-5-1(6(27)14(35)21(42)13(5)34)25(2-7(28)15(36)22(43)16(37)8(2)29,3-9(30)17(38)23(44)18(39)10(3)31)4-11(32)19(40)24(45)20(41)12(4)33;15-13(12-7-3-1-4-8-12)11-14-9-5-2-6-10-14/h;1-10H,11H2/q-1;+1. The minimum Gasteiger partial charge on any atom is -0.287 e. The third-order valence-electron chi connectivity index (χ3n) is 8.91. The molecule has 0 aliphatic rings. The van der Waals surface area contributed by atoms with Crippen LogP contribution in [-0.4, -0.2) is 11.9 Å². The van der Waals surface area contributed by atoms with E-state index in [0.717, 1.165) is 5.56 Å². The minimum absolute atomic E-state index is 0.131. The molecule has 0 radical (unpaired) electrons. The van der Waals surface area contributed by atoms with Gasteiger partial charge in [-0.1, -0.05) is 36.4 Å². The van der Waals surface area contributed by atoms with Crippen molar-refractivity contribution in [1.29, 1.82) is 0 Å². The van der Waals surface area contributed by atoms with Crippen LogP contribution in [0.5, 0.6) is 0 Å². The van der Waals surface area contributed by atoms with Crippen molar-refractivity contribution < 1.29 is 97.2 Å². The van der Waals surface area contributed by atoms with Gasteiger partial charge in [0.15, 0.2) is 82.2 Å². The molecule has 23 heteroatoms. The molecule has 0 unspecified atom stereocenters. The molecule has 0 aliphatic heterocycles. The number of carbonyl (C=O) groups excluding carboxylic acids is 1. The van der Waals surface area contributed by atoms with Gasteiger partial charge in [-0.15, -0.1) is 21.9 Å². The first-order chi connectivity index (χ1) is 28.1. The van der Waals surface area contributed by atoms with E-state index in [4.69, 9.17) is 0 Å². The highest BCUT2D eigenvalue weighted by Gasteiger charge is 2.52. The van der Waals surface area contributed by atoms with Crippen molar-refractivity contribution in [3.63, 3.8) is 0 Å². The largest absolute Gasteiger partial charge is 0.287 e. The SMILES string of the molecule is Fc1c(F)c(F)c([B-](c2c(F)c(F)c(F)c(F)c2F)(c2c(F)c(F)c(F)c(F)c2F)c2c(F)c(F)c(F)c(F)c2F)c(F)c1F.O=C(C[n+]1ccccc1)c1ccccc1. The summed E-state index contributed by atoms with van der Waals surface area (Å²) in [6, 6.07) is 15.1. The number of benzene rings is 5. The highest BCUT2D eigenvalue weighted by molar-refractivity contribution is 7.20. The van der Waals surface area contributed by atoms with E-state index in [9.17, 15) is 57.5 Å². The maximum absolute atomic E-state index is 15.4. The van der Waals surface area contributed by atoms with Crippen LogP contribution < -0.4 is 26.4 Å². The molecular weight excluding hydrogens is 865 g/mol. The molecule has 2 nitrogen and oxygen atoms in total. The first-order valence-electron chi connectivity index (χ1n) is 15.8. The lowest BCUT2D eigenvalue weighted by Crippen LogP contribution is -2.81. The monoisotopic (exact) mass is 877 g/mol. The number of hydrogen-bond donors (Lipinski definition) is 0. The van der Waals surface area contributed by atoms with Gasteiger partial charge in [0.2, 0.25) is 12.3 Å². The molecule has 0 aliphatic carbocycles. The number of hydrogen-bond acceptors (Lipinski definition) is 1. The van der Waals surface area contributed by atoms with Gasteiger partial charge in [-0.3, -0.25) is 4.79 Å². The smallest absolute Gasteiger partial charge is 0.227 e. The number of ketones is 1. The molecule has 0 atom stereocenters. The molecule has 0 saturated carbocycles. The molecule has 0 spiro atoms. The fourth-order valence-corrected chi connectivity index (χ4v) is 6.30. The fraction of sp³-hybridized carbons (Fsp3) is 0.0270. The molecule has 60 heavy (non-hydrogen) atoms. The normalized spacial score (nSPS) is 11.5. The van der Waals surface area contributed by atoms with Crippen LogP contribution in [0.25, 0.3) is 0 Å². The third-order valence-corrected chi connectivity index (χ3v) is 8.91. The molecule has 1 heterocycles. The Morgan fingerprint density at radius 1 is 0.333 bits per heavy atom. The van der Waals surface area contributed by atoms with E-state index >= 15 is 35.1 Å². The maximum atomic E-state index is 15.4. The second-order valence-electron chi connectivity index (χ2n) is 12.1. The van der Waals surface area contributed by atoms with E-state index in [-0.39, 0.29) is 5.78 Å². The Bertz CT molecular complexity index is 2310. The van der Waals surface area contributed by atoms with Crippen LogP contribution in [0.2, 0.25) is 0 Å². The topological polar surface area (TPSA) is 20.9 Å². The number of Topliss-reactive ketones (excluding diaryl/α,β-unsaturated/α-hetero) is 1. The summed E-state index contributed by atoms with van der Waals surface area (Å²) in [7, 11) is 0. The predicted molar refractivity (Wildman–Crippen MR) is 167 cm³/mol. The second-order valence-corrected chi connectivity index (χ2v) is 12.1. The first-order valence-corrected chi connectivity index (χ1v) is 15.8. The van der Waals surface area contributed by atoms with Crippen LogP contribution >= 0.6 is 0 Å². The van der Waals surface area contributed by atoms with Crippen molar-refractivity contribution in [3.05, 3.63) is 183 Å². The Hall–Kier alpha value is -6.42. The van der Waals surface area contributed by atoms with E-state index in [1.165, 1.54) is 0 Å². The highest BCUT2D eigenvalue weighted by Crippen LogP contribution is 2.30. The van der Waals surface area contributed by atoms with Crippen molar-refractivity contribution in [3.8, 4) is 0 Å². The van der Waals surface area contributed by atoms with Gasteiger partial charge in [0.25, 0.3) is 0 Å². The first kappa shape index (κ1) is 44.7. The summed E-state index contributed by atoms with van der Waals surface area (Å²) in [5, 5.41) is 0. The lowest BCUT2D eigenvalue weighted by Gasteiger charge is -2.44. The fourth-order valence-electron chi connectivity index (χ4n) is 6.30. The van der Waals surface area contributed by atoms with Crippen molar-refractivity contribution in [2.24, 2.45) is 0 Å². The Kier molecular flexibility index (Phi) is 12.4. The lowest BCUT2D eigenvalue weighted by atomic mass is 9.12. The Balaban J connectivity index is 0.000000379. The van der Waals surface area contributed by atoms with Crippen molar-refractivity contribution >= 4 is 33.8 Å². The van der Waals surface area contributed by atoms with Crippen LogP contribution in [0.3, 0.4) is 0 Å². The summed E-state index contributed by atoms with van der Waals surface area (Å²) in [4.78, 5) is 11.8. The van der Waals surface area contributed by atoms with Crippen LogP contribution in [-0.2, 0) is 6.54 Å². The Morgan fingerprint density at radius 3 is 0.800 bits per heavy atom. The molecule has 0 amide bonds. The van der Waals surface area contributed by atoms with Gasteiger partial charge >= 0.3 is 0 Å². The maximum Gasteiger partial charge on any atom is 0.227 e. The lowest BCUT2D eigenvalue weighted by molar-refractivity contribution is -0.683. The van der Waals surface area contributed by atoms with Gasteiger partial charge in [0.05, 0.1) is 0 Å². The van der Waals surface area contributed by atoms with Crippen LogP contribution in [0, 0.1) is 116 Å². The molecule has 6 rings (SSSR count). The zero-order valence-corrected chi connectivity index (χ0v) is 28.5. The Morgan fingerprint density at radius 2 is 0.550 bits per heavy atom. The van der Waals surface area contributed by atoms with Gasteiger partial charge in [-0.25, -0.2) is 87.8 Å². The molecular formula is C37H12BF20NO. The highest BCUT2D eigenvalue weighted by atomic mass is 19.2. The zero-order valence-electron chi connectivity index (χ0n) is 28.5. The number of rotatable bonds is 7. The van der Waals surface area contributed by atoms with Gasteiger partial charge in [0.1, 0.15) is 52.7 Å². The molecule has 0 fully saturated rings. The molecule has 0 saturated heterocycles. The summed E-state index contributed by atoms with van der Waals surface area (Å²) in [6.07, 6.45) is -3.44. The Labute approximate surface area is 320 Å². The van der Waals surface area contributed by atoms with E-state index in [0.29, 0.717) is 6.54 Å². The number of halogens is 20. The molecule has 5 aromatic carbocycles. The van der Waals surface area contributed by atoms with E-state index < -0.39 is 144 Å². The average molecular weight is 877 g/mol. The third kappa shape index (κ3) is 6.97. The van der Waals surface area contributed by atoms with Gasteiger partial charge in [0, 0.05) is 17.7 Å². The predicted octanol–water partition coefficient (Wildman–Crippen LogP) is 7.70. The van der Waals surface area contributed by atoms with Gasteiger partial charge in [-0.05, 0) is 0 Å². The number of aromatic nitrogens is 1. The van der Waals surface area contributed by atoms with E-state index in [1.54, 1.807) is 0 Å². The van der Waals surface area contributed by atoms with Crippen LogP contribution in [0.4, 0.5) is 87.8 Å². The molecule has 0 bridgehead atoms. The quantitative estimate of drug-likeness (QED) is 0.0403. The number of nitrogens with zero attached hydrogens (tertiary/aromatic N) is 1. The van der Waals surface area contributed by atoms with Crippen LogP contribution in [0.15, 0.2) is 60.9 Å². The summed E-state index contributed by atoms with van der Waals surface area (Å²) >= 11 is 0. The molecule has 6 aromatic rings. The van der Waals surface area contributed by atoms with Gasteiger partial charge < -0.3 is 0 Å². The van der Waals surface area contributed by atoms with Gasteiger partial charge in [-0.2, -0.15) is 4.57 Å².